The van der Waals surface area contributed by atoms with E-state index in [9.17, 15) is 4.79 Å². The summed E-state index contributed by atoms with van der Waals surface area (Å²) in [5.41, 5.74) is 4.62. The van der Waals surface area contributed by atoms with Crippen molar-refractivity contribution in [2.45, 2.75) is 64.1 Å². The predicted octanol–water partition coefficient (Wildman–Crippen LogP) is 4.46. The van der Waals surface area contributed by atoms with Crippen molar-refractivity contribution in [1.82, 2.24) is 29.0 Å². The van der Waals surface area contributed by atoms with Crippen LogP contribution in [0.1, 0.15) is 56.3 Å². The Balaban J connectivity index is 1.38. The number of anilines is 2. The van der Waals surface area contributed by atoms with Gasteiger partial charge in [-0.1, -0.05) is 6.07 Å². The number of hydrogen-bond donors (Lipinski definition) is 1. The molecule has 0 spiro atoms. The van der Waals surface area contributed by atoms with Crippen molar-refractivity contribution in [3.05, 3.63) is 64.2 Å². The Morgan fingerprint density at radius 2 is 1.91 bits per heavy atom. The number of likely N-dealkylation sites (N-methyl/N-ethyl adjacent to an activating group) is 1. The first kappa shape index (κ1) is 22.1. The van der Waals surface area contributed by atoms with Crippen LogP contribution in [0.5, 0.6) is 0 Å². The van der Waals surface area contributed by atoms with E-state index in [1.54, 1.807) is 10.9 Å². The standard InChI is InChI=1S/C27H33N7O/c1-17(2)33-27(35)23-16-28-25(15-24(23)34(33)26-11-12-32(30-26)21-9-10-21)29-20-7-5-18-6-8-22(31(3)4)14-19(18)13-20/h5,7,11-13,15-17,21-22H,6,8-10,14H2,1-4H3,(H,28,29). The van der Waals surface area contributed by atoms with Crippen molar-refractivity contribution >= 4 is 22.4 Å². The fourth-order valence-electron chi connectivity index (χ4n) is 5.27. The van der Waals surface area contributed by atoms with E-state index < -0.39 is 0 Å². The number of aryl methyl sites for hydroxylation is 1. The summed E-state index contributed by atoms with van der Waals surface area (Å²) in [6.07, 6.45) is 9.41. The molecule has 0 radical (unpaired) electrons. The topological polar surface area (TPSA) is 72.9 Å². The average molecular weight is 472 g/mol. The molecule has 6 rings (SSSR count). The van der Waals surface area contributed by atoms with Crippen molar-refractivity contribution in [1.29, 1.82) is 0 Å². The third-order valence-corrected chi connectivity index (χ3v) is 7.40. The number of aromatic nitrogens is 5. The van der Waals surface area contributed by atoms with Crippen LogP contribution in [0.4, 0.5) is 11.5 Å². The fraction of sp³-hybridized carbons (Fsp3) is 0.444. The second-order valence-corrected chi connectivity index (χ2v) is 10.5. The summed E-state index contributed by atoms with van der Waals surface area (Å²) in [4.78, 5) is 20.2. The summed E-state index contributed by atoms with van der Waals surface area (Å²) in [7, 11) is 4.32. The van der Waals surface area contributed by atoms with Crippen LogP contribution in [0.2, 0.25) is 0 Å². The highest BCUT2D eigenvalue weighted by Crippen LogP contribution is 2.34. The summed E-state index contributed by atoms with van der Waals surface area (Å²) in [6.45, 7) is 4.05. The lowest BCUT2D eigenvalue weighted by atomic mass is 9.87. The second-order valence-electron chi connectivity index (χ2n) is 10.5. The highest BCUT2D eigenvalue weighted by atomic mass is 16.1. The van der Waals surface area contributed by atoms with Gasteiger partial charge < -0.3 is 10.2 Å². The normalized spacial score (nSPS) is 17.9. The largest absolute Gasteiger partial charge is 0.340 e. The van der Waals surface area contributed by atoms with E-state index in [1.807, 2.05) is 41.5 Å². The van der Waals surface area contributed by atoms with Crippen molar-refractivity contribution in [3.63, 3.8) is 0 Å². The lowest BCUT2D eigenvalue weighted by Gasteiger charge is -2.30. The number of hydrogen-bond acceptors (Lipinski definition) is 5. The summed E-state index contributed by atoms with van der Waals surface area (Å²) >= 11 is 0. The van der Waals surface area contributed by atoms with E-state index >= 15 is 0 Å². The molecular weight excluding hydrogens is 438 g/mol. The Labute approximate surface area is 205 Å². The molecule has 1 saturated carbocycles. The van der Waals surface area contributed by atoms with Crippen LogP contribution in [-0.4, -0.2) is 49.2 Å². The quantitative estimate of drug-likeness (QED) is 0.449. The monoisotopic (exact) mass is 471 g/mol. The molecule has 1 aromatic carbocycles. The molecule has 0 bridgehead atoms. The van der Waals surface area contributed by atoms with Crippen LogP contribution in [-0.2, 0) is 12.8 Å². The van der Waals surface area contributed by atoms with Crippen molar-refractivity contribution < 1.29 is 0 Å². The van der Waals surface area contributed by atoms with Crippen LogP contribution in [0, 0.1) is 0 Å². The number of fused-ring (bicyclic) bond motifs is 2. The number of nitrogens with zero attached hydrogens (tertiary/aromatic N) is 6. The fourth-order valence-corrected chi connectivity index (χ4v) is 5.27. The Morgan fingerprint density at radius 1 is 1.09 bits per heavy atom. The lowest BCUT2D eigenvalue weighted by molar-refractivity contribution is 0.268. The molecule has 3 heterocycles. The average Bonchev–Trinajstić information content (AvgIpc) is 3.50. The van der Waals surface area contributed by atoms with Crippen LogP contribution >= 0.6 is 0 Å². The van der Waals surface area contributed by atoms with Crippen molar-refractivity contribution in [2.24, 2.45) is 0 Å². The van der Waals surface area contributed by atoms with Crippen LogP contribution in [0.25, 0.3) is 16.7 Å². The second kappa shape index (κ2) is 8.37. The molecule has 182 valence electrons. The molecule has 2 aliphatic rings. The van der Waals surface area contributed by atoms with Gasteiger partial charge in [0.2, 0.25) is 0 Å². The van der Waals surface area contributed by atoms with Crippen LogP contribution < -0.4 is 10.9 Å². The zero-order valence-electron chi connectivity index (χ0n) is 20.9. The van der Waals surface area contributed by atoms with Gasteiger partial charge in [0.25, 0.3) is 5.56 Å². The Hall–Kier alpha value is -3.39. The van der Waals surface area contributed by atoms with Gasteiger partial charge in [-0.25, -0.2) is 14.3 Å². The Kier molecular flexibility index (Phi) is 5.29. The molecule has 1 N–H and O–H groups in total. The van der Waals surface area contributed by atoms with Gasteiger partial charge in [0.05, 0.1) is 16.9 Å². The van der Waals surface area contributed by atoms with E-state index in [0.29, 0.717) is 23.3 Å². The highest BCUT2D eigenvalue weighted by molar-refractivity contribution is 5.82. The molecule has 2 aliphatic carbocycles. The van der Waals surface area contributed by atoms with Gasteiger partial charge >= 0.3 is 0 Å². The van der Waals surface area contributed by atoms with E-state index in [4.69, 9.17) is 5.10 Å². The first-order chi connectivity index (χ1) is 16.9. The summed E-state index contributed by atoms with van der Waals surface area (Å²) in [5, 5.41) is 8.89. The molecule has 35 heavy (non-hydrogen) atoms. The summed E-state index contributed by atoms with van der Waals surface area (Å²) < 4.78 is 5.74. The van der Waals surface area contributed by atoms with Gasteiger partial charge in [0.1, 0.15) is 5.82 Å². The molecule has 1 unspecified atom stereocenters. The lowest BCUT2D eigenvalue weighted by Crippen LogP contribution is -2.33. The first-order valence-corrected chi connectivity index (χ1v) is 12.6. The Bertz CT molecular complexity index is 1450. The van der Waals surface area contributed by atoms with Gasteiger partial charge in [-0.3, -0.25) is 9.48 Å². The highest BCUT2D eigenvalue weighted by Gasteiger charge is 2.26. The van der Waals surface area contributed by atoms with Crippen LogP contribution in [0.3, 0.4) is 0 Å². The summed E-state index contributed by atoms with van der Waals surface area (Å²) in [5.74, 6) is 1.48. The molecule has 8 heteroatoms. The van der Waals surface area contributed by atoms with E-state index in [2.05, 4.69) is 47.5 Å². The smallest absolute Gasteiger partial charge is 0.276 e. The maximum Gasteiger partial charge on any atom is 0.276 e. The van der Waals surface area contributed by atoms with Gasteiger partial charge in [0.15, 0.2) is 5.82 Å². The van der Waals surface area contributed by atoms with Gasteiger partial charge in [-0.05, 0) is 83.3 Å². The summed E-state index contributed by atoms with van der Waals surface area (Å²) in [6, 6.07) is 11.6. The zero-order chi connectivity index (χ0) is 24.3. The van der Waals surface area contributed by atoms with Crippen molar-refractivity contribution in [2.75, 3.05) is 19.4 Å². The maximum absolute atomic E-state index is 13.3. The number of pyridine rings is 1. The molecule has 8 nitrogen and oxygen atoms in total. The van der Waals surface area contributed by atoms with Gasteiger partial charge in [-0.15, -0.1) is 0 Å². The molecule has 3 aromatic heterocycles. The minimum absolute atomic E-state index is 0.0114. The minimum atomic E-state index is -0.0430. The van der Waals surface area contributed by atoms with Crippen LogP contribution in [0.15, 0.2) is 47.5 Å². The predicted molar refractivity (Wildman–Crippen MR) is 139 cm³/mol. The first-order valence-electron chi connectivity index (χ1n) is 12.6. The number of rotatable bonds is 6. The molecule has 1 atom stereocenters. The van der Waals surface area contributed by atoms with E-state index in [-0.39, 0.29) is 11.6 Å². The molecule has 4 aromatic rings. The van der Waals surface area contributed by atoms with Crippen molar-refractivity contribution in [3.8, 4) is 5.82 Å². The third-order valence-electron chi connectivity index (χ3n) is 7.40. The zero-order valence-corrected chi connectivity index (χ0v) is 20.9. The molecular formula is C27H33N7O. The maximum atomic E-state index is 13.3. The molecule has 0 saturated heterocycles. The Morgan fingerprint density at radius 3 is 2.66 bits per heavy atom. The number of nitrogens with one attached hydrogen (secondary N) is 1. The number of benzene rings is 1. The SMILES string of the molecule is CC(C)n1c(=O)c2cnc(Nc3ccc4c(c3)CC(N(C)C)CC4)cc2n1-c1ccn(C2CC2)n1. The van der Waals surface area contributed by atoms with E-state index in [0.717, 1.165) is 29.9 Å². The molecule has 1 fully saturated rings. The van der Waals surface area contributed by atoms with Gasteiger partial charge in [-0.2, -0.15) is 5.10 Å². The third kappa shape index (κ3) is 3.95. The molecule has 0 aliphatic heterocycles. The van der Waals surface area contributed by atoms with E-state index in [1.165, 1.54) is 30.4 Å². The molecule has 0 amide bonds. The van der Waals surface area contributed by atoms with Gasteiger partial charge in [0, 0.05) is 42.3 Å². The minimum Gasteiger partial charge on any atom is -0.340 e.